The molecule has 0 bridgehead atoms. The van der Waals surface area contributed by atoms with Gasteiger partial charge in [0.2, 0.25) is 5.88 Å². The van der Waals surface area contributed by atoms with Crippen molar-refractivity contribution in [3.8, 4) is 17.4 Å². The molecule has 4 rings (SSSR count). The highest BCUT2D eigenvalue weighted by atomic mass is 32.2. The fourth-order valence-corrected chi connectivity index (χ4v) is 3.79. The Bertz CT molecular complexity index is 1290. The summed E-state index contributed by atoms with van der Waals surface area (Å²) < 4.78 is 36.9. The molecule has 0 saturated carbocycles. The topological polar surface area (TPSA) is 117 Å². The molecule has 31 heavy (non-hydrogen) atoms. The number of imidazole rings is 2. The minimum Gasteiger partial charge on any atom is -0.439 e. The van der Waals surface area contributed by atoms with E-state index in [4.69, 9.17) is 4.74 Å². The minimum atomic E-state index is -3.78. The normalized spacial score (nSPS) is 11.6. The van der Waals surface area contributed by atoms with Crippen LogP contribution in [0.15, 0.2) is 66.6 Å². The Morgan fingerprint density at radius 3 is 2.48 bits per heavy atom. The fourth-order valence-electron chi connectivity index (χ4n) is 2.80. The summed E-state index contributed by atoms with van der Waals surface area (Å²) in [5.74, 6) is 2.27. The molecule has 3 aromatic heterocycles. The lowest BCUT2D eigenvalue weighted by molar-refractivity contribution is 0.461. The summed E-state index contributed by atoms with van der Waals surface area (Å²) in [5, 5.41) is -0.0372. The molecule has 0 aliphatic heterocycles. The highest BCUT2D eigenvalue weighted by molar-refractivity contribution is 7.92. The maximum atomic E-state index is 12.5. The van der Waals surface area contributed by atoms with E-state index in [0.29, 0.717) is 23.1 Å². The molecule has 4 aromatic rings. The summed E-state index contributed by atoms with van der Waals surface area (Å²) in [6.07, 6.45) is 7.89. The maximum absolute atomic E-state index is 12.5. The van der Waals surface area contributed by atoms with Crippen LogP contribution < -0.4 is 9.46 Å². The molecule has 0 aliphatic rings. The summed E-state index contributed by atoms with van der Waals surface area (Å²) in [5.41, 5.74) is 0.392. The molecule has 1 aromatic carbocycles. The third kappa shape index (κ3) is 4.56. The van der Waals surface area contributed by atoms with E-state index >= 15 is 0 Å². The average Bonchev–Trinajstić information content (AvgIpc) is 3.39. The van der Waals surface area contributed by atoms with Gasteiger partial charge in [0.15, 0.2) is 5.03 Å². The van der Waals surface area contributed by atoms with Crippen molar-refractivity contribution in [2.45, 2.75) is 31.8 Å². The first-order chi connectivity index (χ1) is 14.8. The molecular weight excluding hydrogens is 418 g/mol. The molecule has 0 unspecified atom stereocenters. The van der Waals surface area contributed by atoms with Crippen molar-refractivity contribution in [2.75, 3.05) is 4.72 Å². The number of rotatable bonds is 7. The summed E-state index contributed by atoms with van der Waals surface area (Å²) in [7, 11) is -3.78. The number of hydrogen-bond donors (Lipinski definition) is 1. The molecule has 1 N–H and O–H groups in total. The number of nitrogens with one attached hydrogen (secondary N) is 1. The summed E-state index contributed by atoms with van der Waals surface area (Å²) >= 11 is 0. The van der Waals surface area contributed by atoms with Gasteiger partial charge in [-0.15, -0.1) is 0 Å². The second-order valence-electron chi connectivity index (χ2n) is 7.04. The first-order valence-electron chi connectivity index (χ1n) is 9.48. The van der Waals surface area contributed by atoms with Gasteiger partial charge in [-0.3, -0.25) is 9.29 Å². The molecule has 160 valence electrons. The third-order valence-corrected chi connectivity index (χ3v) is 5.74. The van der Waals surface area contributed by atoms with Crippen LogP contribution in [0.5, 0.6) is 11.6 Å². The Morgan fingerprint density at radius 2 is 1.84 bits per heavy atom. The number of aryl methyl sites for hydroxylation is 1. The van der Waals surface area contributed by atoms with Crippen molar-refractivity contribution >= 4 is 15.7 Å². The third-order valence-electron chi connectivity index (χ3n) is 4.48. The summed E-state index contributed by atoms with van der Waals surface area (Å²) in [4.78, 5) is 16.5. The van der Waals surface area contributed by atoms with Crippen LogP contribution in [-0.2, 0) is 10.0 Å². The largest absolute Gasteiger partial charge is 0.439 e. The van der Waals surface area contributed by atoms with Crippen molar-refractivity contribution in [2.24, 2.45) is 0 Å². The number of hydrogen-bond acceptors (Lipinski definition) is 7. The molecule has 0 spiro atoms. The van der Waals surface area contributed by atoms with Crippen molar-refractivity contribution in [3.63, 3.8) is 0 Å². The van der Waals surface area contributed by atoms with Crippen LogP contribution in [0.4, 0.5) is 5.69 Å². The van der Waals surface area contributed by atoms with Gasteiger partial charge in [-0.05, 0) is 45.0 Å². The van der Waals surface area contributed by atoms with E-state index < -0.39 is 10.0 Å². The Labute approximate surface area is 179 Å². The van der Waals surface area contributed by atoms with E-state index in [1.54, 1.807) is 47.3 Å². The zero-order valence-electron chi connectivity index (χ0n) is 17.2. The Morgan fingerprint density at radius 1 is 1.06 bits per heavy atom. The lowest BCUT2D eigenvalue weighted by atomic mass is 10.3. The number of benzene rings is 1. The number of aromatic nitrogens is 6. The van der Waals surface area contributed by atoms with E-state index in [-0.39, 0.29) is 11.1 Å². The Kier molecular flexibility index (Phi) is 5.42. The molecule has 0 amide bonds. The second kappa shape index (κ2) is 8.19. The lowest BCUT2D eigenvalue weighted by Crippen LogP contribution is -2.13. The monoisotopic (exact) mass is 439 g/mol. The Hall–Kier alpha value is -3.73. The fraction of sp³-hybridized carbons (Fsp3) is 0.200. The highest BCUT2D eigenvalue weighted by Gasteiger charge is 2.18. The van der Waals surface area contributed by atoms with Gasteiger partial charge in [-0.2, -0.15) is 8.42 Å². The Balaban J connectivity index is 1.47. The van der Waals surface area contributed by atoms with Gasteiger partial charge in [0.05, 0.1) is 6.33 Å². The van der Waals surface area contributed by atoms with Crippen molar-refractivity contribution < 1.29 is 13.2 Å². The van der Waals surface area contributed by atoms with Crippen LogP contribution in [-0.4, -0.2) is 37.5 Å². The molecule has 0 fully saturated rings. The first kappa shape index (κ1) is 20.5. The average molecular weight is 440 g/mol. The number of nitrogens with zero attached hydrogens (tertiary/aromatic N) is 6. The van der Waals surface area contributed by atoms with Crippen LogP contribution in [0.25, 0.3) is 5.82 Å². The lowest BCUT2D eigenvalue weighted by Gasteiger charge is -2.09. The molecular formula is C20H21N7O3S. The molecule has 0 aliphatic carbocycles. The zero-order chi connectivity index (χ0) is 22.0. The summed E-state index contributed by atoms with van der Waals surface area (Å²) in [6, 6.07) is 8.32. The smallest absolute Gasteiger partial charge is 0.280 e. The summed E-state index contributed by atoms with van der Waals surface area (Å²) in [6.45, 7) is 5.76. The van der Waals surface area contributed by atoms with Crippen LogP contribution in [0.2, 0.25) is 0 Å². The highest BCUT2D eigenvalue weighted by Crippen LogP contribution is 2.24. The van der Waals surface area contributed by atoms with Gasteiger partial charge in [-0.1, -0.05) is 0 Å². The quantitative estimate of drug-likeness (QED) is 0.469. The van der Waals surface area contributed by atoms with Crippen LogP contribution in [0.3, 0.4) is 0 Å². The zero-order valence-corrected chi connectivity index (χ0v) is 18.0. The van der Waals surface area contributed by atoms with E-state index in [9.17, 15) is 8.42 Å². The predicted molar refractivity (Wildman–Crippen MR) is 114 cm³/mol. The van der Waals surface area contributed by atoms with E-state index in [0.717, 1.165) is 5.82 Å². The molecule has 3 heterocycles. The standard InChI is InChI=1S/C20H21N7O3S/c1-14(2)26-11-20(24-13-26)31(28,29)25-16-4-6-17(7-5-16)30-19-10-18(22-12-23-19)27-9-8-21-15(27)3/h4-14,25H,1-3H3. The molecule has 0 radical (unpaired) electrons. The predicted octanol–water partition coefficient (Wildman–Crippen LogP) is 3.34. The van der Waals surface area contributed by atoms with Gasteiger partial charge in [-0.25, -0.2) is 19.9 Å². The molecule has 11 heteroatoms. The van der Waals surface area contributed by atoms with E-state index in [1.807, 2.05) is 25.3 Å². The van der Waals surface area contributed by atoms with Crippen LogP contribution in [0.1, 0.15) is 25.7 Å². The van der Waals surface area contributed by atoms with Crippen LogP contribution >= 0.6 is 0 Å². The van der Waals surface area contributed by atoms with Crippen molar-refractivity contribution in [1.82, 2.24) is 29.1 Å². The van der Waals surface area contributed by atoms with E-state index in [1.165, 1.54) is 18.9 Å². The van der Waals surface area contributed by atoms with E-state index in [2.05, 4.69) is 24.7 Å². The molecule has 0 saturated heterocycles. The minimum absolute atomic E-state index is 0.0372. The molecule has 10 nitrogen and oxygen atoms in total. The molecule has 0 atom stereocenters. The van der Waals surface area contributed by atoms with Gasteiger partial charge >= 0.3 is 0 Å². The van der Waals surface area contributed by atoms with Gasteiger partial charge in [0, 0.05) is 36.4 Å². The second-order valence-corrected chi connectivity index (χ2v) is 8.67. The van der Waals surface area contributed by atoms with Crippen LogP contribution in [0, 0.1) is 6.92 Å². The SMILES string of the molecule is Cc1nccn1-c1cc(Oc2ccc(NS(=O)(=O)c3cn(C(C)C)cn3)cc2)ncn1. The maximum Gasteiger partial charge on any atom is 0.280 e. The van der Waals surface area contributed by atoms with Crippen molar-refractivity contribution in [3.05, 3.63) is 67.4 Å². The van der Waals surface area contributed by atoms with Gasteiger partial charge in [0.1, 0.15) is 23.7 Å². The van der Waals surface area contributed by atoms with Gasteiger partial charge < -0.3 is 9.30 Å². The van der Waals surface area contributed by atoms with Crippen molar-refractivity contribution in [1.29, 1.82) is 0 Å². The number of ether oxygens (including phenoxy) is 1. The van der Waals surface area contributed by atoms with Gasteiger partial charge in [0.25, 0.3) is 10.0 Å². The number of sulfonamides is 1. The first-order valence-corrected chi connectivity index (χ1v) is 11.0. The number of anilines is 1.